The third-order valence-corrected chi connectivity index (χ3v) is 4.47. The molecule has 0 aliphatic heterocycles. The van der Waals surface area contributed by atoms with Gasteiger partial charge in [-0.25, -0.2) is 4.98 Å². The van der Waals surface area contributed by atoms with Gasteiger partial charge in [-0.2, -0.15) is 8.78 Å². The Bertz CT molecular complexity index is 945. The van der Waals surface area contributed by atoms with E-state index in [0.717, 1.165) is 11.1 Å². The van der Waals surface area contributed by atoms with Crippen molar-refractivity contribution in [3.8, 4) is 17.1 Å². The lowest BCUT2D eigenvalue weighted by molar-refractivity contribution is -0.121. The van der Waals surface area contributed by atoms with E-state index in [1.54, 1.807) is 24.4 Å². The molecule has 1 aromatic heterocycles. The SMILES string of the molecule is O=C(CCc1ncc(-c2ccccc2Cl)o1)NCCc1ccc(OC(F)F)cc1. The van der Waals surface area contributed by atoms with Crippen molar-refractivity contribution >= 4 is 17.5 Å². The number of nitrogens with zero attached hydrogens (tertiary/aromatic N) is 1. The average Bonchev–Trinajstić information content (AvgIpc) is 3.16. The van der Waals surface area contributed by atoms with Crippen molar-refractivity contribution in [3.63, 3.8) is 0 Å². The van der Waals surface area contributed by atoms with Crippen molar-refractivity contribution in [1.82, 2.24) is 10.3 Å². The van der Waals surface area contributed by atoms with Crippen LogP contribution >= 0.6 is 11.6 Å². The number of halogens is 3. The quantitative estimate of drug-likeness (QED) is 0.535. The van der Waals surface area contributed by atoms with E-state index in [1.165, 1.54) is 12.1 Å². The van der Waals surface area contributed by atoms with Gasteiger partial charge in [-0.3, -0.25) is 4.79 Å². The van der Waals surface area contributed by atoms with E-state index < -0.39 is 6.61 Å². The van der Waals surface area contributed by atoms with Crippen LogP contribution in [-0.4, -0.2) is 24.0 Å². The summed E-state index contributed by atoms with van der Waals surface area (Å²) in [6, 6.07) is 13.6. The minimum Gasteiger partial charge on any atom is -0.441 e. The van der Waals surface area contributed by atoms with E-state index in [4.69, 9.17) is 16.0 Å². The largest absolute Gasteiger partial charge is 0.441 e. The summed E-state index contributed by atoms with van der Waals surface area (Å²) in [4.78, 5) is 16.2. The van der Waals surface area contributed by atoms with Gasteiger partial charge in [-0.15, -0.1) is 0 Å². The van der Waals surface area contributed by atoms with Crippen LogP contribution in [0.15, 0.2) is 59.1 Å². The smallest absolute Gasteiger partial charge is 0.387 e. The molecule has 5 nitrogen and oxygen atoms in total. The molecule has 3 rings (SSSR count). The van der Waals surface area contributed by atoms with Gasteiger partial charge >= 0.3 is 6.61 Å². The Labute approximate surface area is 171 Å². The number of hydrogen-bond acceptors (Lipinski definition) is 4. The number of carbonyl (C=O) groups is 1. The molecule has 29 heavy (non-hydrogen) atoms. The summed E-state index contributed by atoms with van der Waals surface area (Å²) >= 11 is 6.14. The normalized spacial score (nSPS) is 10.9. The summed E-state index contributed by atoms with van der Waals surface area (Å²) < 4.78 is 34.2. The van der Waals surface area contributed by atoms with Crippen molar-refractivity contribution in [2.75, 3.05) is 6.54 Å². The highest BCUT2D eigenvalue weighted by molar-refractivity contribution is 6.33. The molecule has 0 unspecified atom stereocenters. The molecule has 1 heterocycles. The van der Waals surface area contributed by atoms with Gasteiger partial charge in [0, 0.05) is 24.9 Å². The number of benzene rings is 2. The first-order valence-corrected chi connectivity index (χ1v) is 9.39. The Morgan fingerprint density at radius 3 is 2.62 bits per heavy atom. The lowest BCUT2D eigenvalue weighted by Crippen LogP contribution is -2.25. The topological polar surface area (TPSA) is 64.4 Å². The van der Waals surface area contributed by atoms with Crippen molar-refractivity contribution in [1.29, 1.82) is 0 Å². The molecule has 8 heteroatoms. The van der Waals surface area contributed by atoms with Crippen molar-refractivity contribution in [2.24, 2.45) is 0 Å². The minimum absolute atomic E-state index is 0.106. The van der Waals surface area contributed by atoms with Gasteiger partial charge in [0.25, 0.3) is 0 Å². The molecule has 2 aromatic carbocycles. The van der Waals surface area contributed by atoms with Crippen LogP contribution in [0, 0.1) is 0 Å². The second-order valence-corrected chi connectivity index (χ2v) is 6.63. The summed E-state index contributed by atoms with van der Waals surface area (Å²) in [5.41, 5.74) is 1.66. The molecule has 3 aromatic rings. The number of oxazole rings is 1. The predicted molar refractivity (Wildman–Crippen MR) is 105 cm³/mol. The molecule has 0 saturated heterocycles. The van der Waals surface area contributed by atoms with E-state index in [2.05, 4.69) is 15.0 Å². The van der Waals surface area contributed by atoms with E-state index in [0.29, 0.717) is 36.1 Å². The van der Waals surface area contributed by atoms with Gasteiger partial charge in [0.1, 0.15) is 5.75 Å². The summed E-state index contributed by atoms with van der Waals surface area (Å²) in [7, 11) is 0. The zero-order chi connectivity index (χ0) is 20.6. The fourth-order valence-electron chi connectivity index (χ4n) is 2.70. The molecule has 0 aliphatic rings. The van der Waals surface area contributed by atoms with Crippen molar-refractivity contribution < 1.29 is 22.7 Å². The molecule has 152 valence electrons. The van der Waals surface area contributed by atoms with Crippen LogP contribution < -0.4 is 10.1 Å². The Morgan fingerprint density at radius 2 is 1.90 bits per heavy atom. The lowest BCUT2D eigenvalue weighted by atomic mass is 10.1. The molecule has 0 fully saturated rings. The maximum atomic E-state index is 12.1. The van der Waals surface area contributed by atoms with Crippen LogP contribution in [0.2, 0.25) is 5.02 Å². The number of alkyl halides is 2. The molecule has 0 spiro atoms. The van der Waals surface area contributed by atoms with Crippen LogP contribution in [0.5, 0.6) is 5.75 Å². The Balaban J connectivity index is 1.41. The highest BCUT2D eigenvalue weighted by Gasteiger charge is 2.11. The van der Waals surface area contributed by atoms with E-state index in [9.17, 15) is 13.6 Å². The van der Waals surface area contributed by atoms with Crippen LogP contribution in [-0.2, 0) is 17.6 Å². The molecule has 1 amide bonds. The first kappa shape index (κ1) is 20.8. The number of hydrogen-bond donors (Lipinski definition) is 1. The number of carbonyl (C=O) groups excluding carboxylic acids is 1. The number of ether oxygens (including phenoxy) is 1. The summed E-state index contributed by atoms with van der Waals surface area (Å²) in [6.45, 7) is -2.41. The van der Waals surface area contributed by atoms with Crippen LogP contribution in [0.4, 0.5) is 8.78 Å². The van der Waals surface area contributed by atoms with Crippen molar-refractivity contribution in [2.45, 2.75) is 25.9 Å². The molecule has 0 saturated carbocycles. The van der Waals surface area contributed by atoms with E-state index in [1.807, 2.05) is 18.2 Å². The van der Waals surface area contributed by atoms with Crippen molar-refractivity contribution in [3.05, 3.63) is 71.2 Å². The maximum absolute atomic E-state index is 12.1. The minimum atomic E-state index is -2.84. The zero-order valence-electron chi connectivity index (χ0n) is 15.4. The van der Waals surface area contributed by atoms with Gasteiger partial charge in [0.05, 0.1) is 11.2 Å². The van der Waals surface area contributed by atoms with Gasteiger partial charge in [-0.1, -0.05) is 35.9 Å². The number of aryl methyl sites for hydroxylation is 1. The third-order valence-electron chi connectivity index (χ3n) is 4.14. The molecule has 1 N–H and O–H groups in total. The second kappa shape index (κ2) is 10.0. The number of rotatable bonds is 9. The summed E-state index contributed by atoms with van der Waals surface area (Å²) in [6.07, 6.45) is 2.78. The first-order chi connectivity index (χ1) is 14.0. The Hall–Kier alpha value is -2.93. The van der Waals surface area contributed by atoms with Gasteiger partial charge < -0.3 is 14.5 Å². The molecule has 0 aliphatic carbocycles. The molecule has 0 radical (unpaired) electrons. The molecule has 0 atom stereocenters. The standard InChI is InChI=1S/C21H19ClF2N2O3/c22-17-4-2-1-3-16(17)18-13-26-20(29-18)10-9-19(27)25-12-11-14-5-7-15(8-6-14)28-21(23)24/h1-8,13,21H,9-12H2,(H,25,27). The maximum Gasteiger partial charge on any atom is 0.387 e. The Morgan fingerprint density at radius 1 is 1.14 bits per heavy atom. The molecule has 0 bridgehead atoms. The van der Waals surface area contributed by atoms with E-state index >= 15 is 0 Å². The van der Waals surface area contributed by atoms with Gasteiger partial charge in [0.2, 0.25) is 5.91 Å². The van der Waals surface area contributed by atoms with Gasteiger partial charge in [-0.05, 0) is 36.2 Å². The average molecular weight is 421 g/mol. The zero-order valence-corrected chi connectivity index (χ0v) is 16.2. The summed E-state index contributed by atoms with van der Waals surface area (Å²) in [5.74, 6) is 1.00. The number of nitrogens with one attached hydrogen (secondary N) is 1. The molecular weight excluding hydrogens is 402 g/mol. The van der Waals surface area contributed by atoms with E-state index in [-0.39, 0.29) is 18.1 Å². The molecular formula is C21H19ClF2N2O3. The highest BCUT2D eigenvalue weighted by Crippen LogP contribution is 2.28. The number of aromatic nitrogens is 1. The monoisotopic (exact) mass is 420 g/mol. The first-order valence-electron chi connectivity index (χ1n) is 9.01. The fraction of sp³-hybridized carbons (Fsp3) is 0.238. The second-order valence-electron chi connectivity index (χ2n) is 6.22. The lowest BCUT2D eigenvalue weighted by Gasteiger charge is -2.07. The Kier molecular flexibility index (Phi) is 7.19. The van der Waals surface area contributed by atoms with Crippen LogP contribution in [0.1, 0.15) is 17.9 Å². The van der Waals surface area contributed by atoms with Crippen LogP contribution in [0.25, 0.3) is 11.3 Å². The summed E-state index contributed by atoms with van der Waals surface area (Å²) in [5, 5.41) is 3.39. The predicted octanol–water partition coefficient (Wildman–Crippen LogP) is 4.89. The highest BCUT2D eigenvalue weighted by atomic mass is 35.5. The van der Waals surface area contributed by atoms with Crippen LogP contribution in [0.3, 0.4) is 0 Å². The van der Waals surface area contributed by atoms with Gasteiger partial charge in [0.15, 0.2) is 11.7 Å². The number of amides is 1. The fourth-order valence-corrected chi connectivity index (χ4v) is 2.93. The third kappa shape index (κ3) is 6.29.